The Bertz CT molecular complexity index is 555. The summed E-state index contributed by atoms with van der Waals surface area (Å²) in [5.41, 5.74) is -0.124. The van der Waals surface area contributed by atoms with Crippen LogP contribution in [0.5, 0.6) is 0 Å². The normalized spacial score (nSPS) is 13.0. The molecule has 1 atom stereocenters. The van der Waals surface area contributed by atoms with Gasteiger partial charge in [0.05, 0.1) is 9.82 Å². The molecule has 6 nitrogen and oxygen atoms in total. The number of rotatable bonds is 9. The van der Waals surface area contributed by atoms with Gasteiger partial charge in [-0.2, -0.15) is 0 Å². The topological polar surface area (TPSA) is 89.3 Å². The van der Waals surface area contributed by atoms with E-state index in [0.717, 1.165) is 32.1 Å². The van der Waals surface area contributed by atoms with Crippen LogP contribution in [0.1, 0.15) is 46.0 Å². The number of hydrogen-bond donors (Lipinski definition) is 1. The van der Waals surface area contributed by atoms with E-state index in [0.29, 0.717) is 0 Å². The standard InChI is InChI=1S/C14H22N2O4S/c1-3-4-5-6-7-12(2)15-21(19,20)14-10-8-13(9-11-14)16(17)18/h8-12,15H,3-7H2,1-2H3. The van der Waals surface area contributed by atoms with Crippen molar-refractivity contribution in [2.75, 3.05) is 0 Å². The summed E-state index contributed by atoms with van der Waals surface area (Å²) in [6.45, 7) is 3.95. The van der Waals surface area contributed by atoms with Crippen molar-refractivity contribution in [2.45, 2.75) is 56.9 Å². The average Bonchev–Trinajstić information content (AvgIpc) is 2.43. The van der Waals surface area contributed by atoms with Gasteiger partial charge in [-0.25, -0.2) is 13.1 Å². The third-order valence-electron chi connectivity index (χ3n) is 3.20. The SMILES string of the molecule is CCCCCCC(C)NS(=O)(=O)c1ccc([N+](=O)[O-])cc1. The van der Waals surface area contributed by atoms with Crippen molar-refractivity contribution in [1.29, 1.82) is 0 Å². The van der Waals surface area contributed by atoms with Crippen molar-refractivity contribution in [3.05, 3.63) is 34.4 Å². The molecule has 0 aliphatic carbocycles. The summed E-state index contributed by atoms with van der Waals surface area (Å²) in [7, 11) is -3.62. The Balaban J connectivity index is 2.62. The molecule has 7 heteroatoms. The summed E-state index contributed by atoms with van der Waals surface area (Å²) >= 11 is 0. The smallest absolute Gasteiger partial charge is 0.258 e. The molecule has 0 fully saturated rings. The van der Waals surface area contributed by atoms with E-state index in [1.165, 1.54) is 24.3 Å². The van der Waals surface area contributed by atoms with Gasteiger partial charge in [0, 0.05) is 18.2 Å². The molecule has 0 spiro atoms. The number of nitro benzene ring substituents is 1. The van der Waals surface area contributed by atoms with E-state index in [9.17, 15) is 18.5 Å². The first-order valence-electron chi connectivity index (χ1n) is 7.13. The predicted octanol–water partition coefficient (Wildman–Crippen LogP) is 3.23. The quantitative estimate of drug-likeness (QED) is 0.430. The molecule has 0 aliphatic rings. The van der Waals surface area contributed by atoms with Crippen LogP contribution in [0.2, 0.25) is 0 Å². The second-order valence-electron chi connectivity index (χ2n) is 5.12. The summed E-state index contributed by atoms with van der Waals surface area (Å²) in [5.74, 6) is 0. The summed E-state index contributed by atoms with van der Waals surface area (Å²) < 4.78 is 26.9. The number of hydrogen-bond acceptors (Lipinski definition) is 4. The van der Waals surface area contributed by atoms with E-state index in [4.69, 9.17) is 0 Å². The first kappa shape index (κ1) is 17.6. The molecule has 0 heterocycles. The van der Waals surface area contributed by atoms with Crippen LogP contribution in [0.4, 0.5) is 5.69 Å². The maximum atomic E-state index is 12.1. The zero-order valence-corrected chi connectivity index (χ0v) is 13.2. The number of benzene rings is 1. The summed E-state index contributed by atoms with van der Waals surface area (Å²) in [6, 6.07) is 4.75. The van der Waals surface area contributed by atoms with Gasteiger partial charge in [0.25, 0.3) is 5.69 Å². The van der Waals surface area contributed by atoms with Gasteiger partial charge in [0.2, 0.25) is 10.0 Å². The van der Waals surface area contributed by atoms with E-state index < -0.39 is 14.9 Å². The summed E-state index contributed by atoms with van der Waals surface area (Å²) in [5, 5.41) is 10.6. The summed E-state index contributed by atoms with van der Waals surface area (Å²) in [4.78, 5) is 10.0. The molecule has 118 valence electrons. The van der Waals surface area contributed by atoms with Gasteiger partial charge in [0.1, 0.15) is 0 Å². The van der Waals surface area contributed by atoms with Crippen LogP contribution < -0.4 is 4.72 Å². The van der Waals surface area contributed by atoms with Crippen molar-refractivity contribution in [3.8, 4) is 0 Å². The molecule has 1 rings (SSSR count). The van der Waals surface area contributed by atoms with Crippen LogP contribution in [0, 0.1) is 10.1 Å². The maximum Gasteiger partial charge on any atom is 0.269 e. The minimum Gasteiger partial charge on any atom is -0.258 e. The van der Waals surface area contributed by atoms with Crippen molar-refractivity contribution in [3.63, 3.8) is 0 Å². The molecule has 1 aromatic rings. The van der Waals surface area contributed by atoms with Crippen LogP contribution in [-0.4, -0.2) is 19.4 Å². The molecule has 1 N–H and O–H groups in total. The van der Waals surface area contributed by atoms with Gasteiger partial charge >= 0.3 is 0 Å². The lowest BCUT2D eigenvalue weighted by atomic mass is 10.1. The lowest BCUT2D eigenvalue weighted by Gasteiger charge is -2.14. The Morgan fingerprint density at radius 1 is 1.19 bits per heavy atom. The summed E-state index contributed by atoms with van der Waals surface area (Å²) in [6.07, 6.45) is 5.16. The van der Waals surface area contributed by atoms with E-state index in [2.05, 4.69) is 11.6 Å². The number of nitrogens with one attached hydrogen (secondary N) is 1. The fourth-order valence-electron chi connectivity index (χ4n) is 2.02. The van der Waals surface area contributed by atoms with Crippen molar-refractivity contribution >= 4 is 15.7 Å². The molecule has 0 aromatic heterocycles. The second kappa shape index (κ2) is 8.09. The monoisotopic (exact) mass is 314 g/mol. The largest absolute Gasteiger partial charge is 0.269 e. The van der Waals surface area contributed by atoms with Crippen LogP contribution in [0.3, 0.4) is 0 Å². The third kappa shape index (κ3) is 5.81. The van der Waals surface area contributed by atoms with Crippen LogP contribution in [-0.2, 0) is 10.0 Å². The Morgan fingerprint density at radius 2 is 1.81 bits per heavy atom. The average molecular weight is 314 g/mol. The molecule has 0 amide bonds. The van der Waals surface area contributed by atoms with Gasteiger partial charge in [-0.3, -0.25) is 10.1 Å². The Kier molecular flexibility index (Phi) is 6.77. The fourth-order valence-corrected chi connectivity index (χ4v) is 3.29. The highest BCUT2D eigenvalue weighted by Crippen LogP contribution is 2.16. The fraction of sp³-hybridized carbons (Fsp3) is 0.571. The Labute approximate surface area is 125 Å². The van der Waals surface area contributed by atoms with Gasteiger partial charge in [-0.1, -0.05) is 32.6 Å². The lowest BCUT2D eigenvalue weighted by molar-refractivity contribution is -0.384. The third-order valence-corrected chi connectivity index (χ3v) is 4.81. The minimum absolute atomic E-state index is 0.0495. The number of non-ortho nitro benzene ring substituents is 1. The highest BCUT2D eigenvalue weighted by Gasteiger charge is 2.18. The molecule has 0 aliphatic heterocycles. The highest BCUT2D eigenvalue weighted by molar-refractivity contribution is 7.89. The number of nitrogens with zero attached hydrogens (tertiary/aromatic N) is 1. The maximum absolute atomic E-state index is 12.1. The van der Waals surface area contributed by atoms with E-state index in [1.54, 1.807) is 0 Å². The number of nitro groups is 1. The van der Waals surface area contributed by atoms with E-state index in [-0.39, 0.29) is 16.6 Å². The van der Waals surface area contributed by atoms with Crippen LogP contribution in [0.25, 0.3) is 0 Å². The van der Waals surface area contributed by atoms with Gasteiger partial charge < -0.3 is 0 Å². The molecular weight excluding hydrogens is 292 g/mol. The first-order valence-corrected chi connectivity index (χ1v) is 8.62. The highest BCUT2D eigenvalue weighted by atomic mass is 32.2. The molecule has 0 saturated heterocycles. The zero-order chi connectivity index (χ0) is 15.9. The molecule has 21 heavy (non-hydrogen) atoms. The number of sulfonamides is 1. The molecular formula is C14H22N2O4S. The van der Waals surface area contributed by atoms with Gasteiger partial charge in [0.15, 0.2) is 0 Å². The minimum atomic E-state index is -3.62. The second-order valence-corrected chi connectivity index (χ2v) is 6.84. The zero-order valence-electron chi connectivity index (χ0n) is 12.4. The van der Waals surface area contributed by atoms with Crippen molar-refractivity contribution in [2.24, 2.45) is 0 Å². The molecule has 1 unspecified atom stereocenters. The van der Waals surface area contributed by atoms with Crippen LogP contribution in [0.15, 0.2) is 29.2 Å². The lowest BCUT2D eigenvalue weighted by Crippen LogP contribution is -2.32. The first-order chi connectivity index (χ1) is 9.86. The molecule has 0 saturated carbocycles. The number of unbranched alkanes of at least 4 members (excludes halogenated alkanes) is 3. The Hall–Kier alpha value is -1.47. The van der Waals surface area contributed by atoms with Crippen molar-refractivity contribution < 1.29 is 13.3 Å². The van der Waals surface area contributed by atoms with Gasteiger partial charge in [-0.05, 0) is 25.5 Å². The molecule has 0 radical (unpaired) electrons. The molecule has 0 bridgehead atoms. The van der Waals surface area contributed by atoms with Crippen molar-refractivity contribution in [1.82, 2.24) is 4.72 Å². The van der Waals surface area contributed by atoms with E-state index in [1.807, 2.05) is 6.92 Å². The Morgan fingerprint density at radius 3 is 2.33 bits per heavy atom. The molecule has 1 aromatic carbocycles. The predicted molar refractivity (Wildman–Crippen MR) is 81.6 cm³/mol. The van der Waals surface area contributed by atoms with E-state index >= 15 is 0 Å². The van der Waals surface area contributed by atoms with Gasteiger partial charge in [-0.15, -0.1) is 0 Å². The van der Waals surface area contributed by atoms with Crippen LogP contribution >= 0.6 is 0 Å².